The molecule has 4 heterocycles. The minimum atomic E-state index is 0.175. The topological polar surface area (TPSA) is 63.4 Å². The van der Waals surface area contributed by atoms with E-state index in [4.69, 9.17) is 0 Å². The number of carbonyl (C=O) groups excluding carboxylic acids is 1. The van der Waals surface area contributed by atoms with E-state index in [2.05, 4.69) is 39.6 Å². The highest BCUT2D eigenvalue weighted by Crippen LogP contribution is 2.35. The van der Waals surface area contributed by atoms with Crippen LogP contribution in [0, 0.1) is 0 Å². The van der Waals surface area contributed by atoms with Gasteiger partial charge in [-0.2, -0.15) is 0 Å². The van der Waals surface area contributed by atoms with Gasteiger partial charge in [0.25, 0.3) is 0 Å². The number of nitrogens with zero attached hydrogens (tertiary/aromatic N) is 5. The Morgan fingerprint density at radius 3 is 2.93 bits per heavy atom. The predicted molar refractivity (Wildman–Crippen MR) is 117 cm³/mol. The fourth-order valence-electron chi connectivity index (χ4n) is 3.93. The number of fused-ring (bicyclic) bond motifs is 3. The molecule has 4 aromatic rings. The van der Waals surface area contributed by atoms with Crippen molar-refractivity contribution < 1.29 is 4.79 Å². The predicted octanol–water partition coefficient (Wildman–Crippen LogP) is 4.50. The number of benzene rings is 1. The van der Waals surface area contributed by atoms with Crippen molar-refractivity contribution in [1.29, 1.82) is 0 Å². The average molecular weight is 424 g/mol. The molecule has 1 aliphatic rings. The SMILES string of the molecule is CC1CCCCN1C(=O)CSc1nnc2c3c(-c4ccccc4)csc3ncn12. The Hall–Kier alpha value is -2.45. The Bertz CT molecular complexity index is 1170. The summed E-state index contributed by atoms with van der Waals surface area (Å²) >= 11 is 3.05. The second kappa shape index (κ2) is 7.76. The van der Waals surface area contributed by atoms with Gasteiger partial charge >= 0.3 is 0 Å². The van der Waals surface area contributed by atoms with Crippen LogP contribution in [-0.2, 0) is 4.79 Å². The van der Waals surface area contributed by atoms with Gasteiger partial charge in [0.2, 0.25) is 5.91 Å². The molecular formula is C21H21N5OS2. The number of piperidine rings is 1. The van der Waals surface area contributed by atoms with Crippen molar-refractivity contribution in [3.05, 3.63) is 42.0 Å². The van der Waals surface area contributed by atoms with Crippen LogP contribution in [0.15, 0.2) is 47.2 Å². The van der Waals surface area contributed by atoms with Crippen LogP contribution in [0.1, 0.15) is 26.2 Å². The summed E-state index contributed by atoms with van der Waals surface area (Å²) < 4.78 is 1.90. The molecule has 1 saturated heterocycles. The van der Waals surface area contributed by atoms with Gasteiger partial charge in [-0.25, -0.2) is 4.98 Å². The second-order valence-corrected chi connectivity index (χ2v) is 9.14. The Labute approximate surface area is 177 Å². The molecule has 0 N–H and O–H groups in total. The van der Waals surface area contributed by atoms with E-state index in [1.54, 1.807) is 17.7 Å². The lowest BCUT2D eigenvalue weighted by molar-refractivity contribution is -0.131. The first kappa shape index (κ1) is 18.6. The molecule has 1 fully saturated rings. The molecule has 1 amide bonds. The molecule has 6 nitrogen and oxygen atoms in total. The molecule has 5 rings (SSSR count). The minimum absolute atomic E-state index is 0.175. The summed E-state index contributed by atoms with van der Waals surface area (Å²) in [6, 6.07) is 10.6. The fraction of sp³-hybridized carbons (Fsp3) is 0.333. The highest BCUT2D eigenvalue weighted by atomic mass is 32.2. The standard InChI is InChI=1S/C21H21N5OS2/c1-14-7-5-6-10-25(14)17(27)12-29-21-24-23-19-18-16(15-8-3-2-4-9-15)11-28-20(18)22-13-26(19)21/h2-4,8-9,11,13-14H,5-7,10,12H2,1H3. The maximum atomic E-state index is 12.7. The monoisotopic (exact) mass is 423 g/mol. The lowest BCUT2D eigenvalue weighted by Gasteiger charge is -2.33. The van der Waals surface area contributed by atoms with Crippen molar-refractivity contribution in [3.8, 4) is 11.1 Å². The van der Waals surface area contributed by atoms with Crippen molar-refractivity contribution in [2.24, 2.45) is 0 Å². The molecule has 1 atom stereocenters. The van der Waals surface area contributed by atoms with Crippen LogP contribution in [0.3, 0.4) is 0 Å². The fourth-order valence-corrected chi connectivity index (χ4v) is 5.63. The van der Waals surface area contributed by atoms with E-state index in [-0.39, 0.29) is 5.91 Å². The van der Waals surface area contributed by atoms with Gasteiger partial charge < -0.3 is 4.90 Å². The molecule has 0 spiro atoms. The van der Waals surface area contributed by atoms with E-state index in [0.29, 0.717) is 17.0 Å². The maximum absolute atomic E-state index is 12.7. The van der Waals surface area contributed by atoms with E-state index in [0.717, 1.165) is 46.4 Å². The molecule has 3 aromatic heterocycles. The van der Waals surface area contributed by atoms with Gasteiger partial charge in [-0.1, -0.05) is 42.1 Å². The Balaban J connectivity index is 1.45. The first-order valence-corrected chi connectivity index (χ1v) is 11.7. The molecule has 1 aromatic carbocycles. The summed E-state index contributed by atoms with van der Waals surface area (Å²) in [6.45, 7) is 3.00. The van der Waals surface area contributed by atoms with Crippen molar-refractivity contribution in [3.63, 3.8) is 0 Å². The number of hydrogen-bond donors (Lipinski definition) is 0. The van der Waals surface area contributed by atoms with Crippen molar-refractivity contribution in [2.75, 3.05) is 12.3 Å². The summed E-state index contributed by atoms with van der Waals surface area (Å²) in [5.74, 6) is 0.548. The van der Waals surface area contributed by atoms with E-state index in [1.165, 1.54) is 18.2 Å². The number of hydrogen-bond acceptors (Lipinski definition) is 6. The number of amides is 1. The van der Waals surface area contributed by atoms with Crippen LogP contribution in [0.2, 0.25) is 0 Å². The lowest BCUT2D eigenvalue weighted by atomic mass is 10.0. The van der Waals surface area contributed by atoms with E-state index in [1.807, 2.05) is 27.5 Å². The summed E-state index contributed by atoms with van der Waals surface area (Å²) in [5, 5.41) is 12.7. The molecular weight excluding hydrogens is 402 g/mol. The quantitative estimate of drug-likeness (QED) is 0.452. The number of aromatic nitrogens is 4. The number of likely N-dealkylation sites (tertiary alicyclic amines) is 1. The van der Waals surface area contributed by atoms with Crippen molar-refractivity contribution in [2.45, 2.75) is 37.4 Å². The van der Waals surface area contributed by atoms with Gasteiger partial charge in [-0.15, -0.1) is 21.5 Å². The molecule has 0 radical (unpaired) electrons. The van der Waals surface area contributed by atoms with Crippen LogP contribution >= 0.6 is 23.1 Å². The summed E-state index contributed by atoms with van der Waals surface area (Å²) in [6.07, 6.45) is 5.15. The van der Waals surface area contributed by atoms with Gasteiger partial charge in [-0.3, -0.25) is 9.20 Å². The first-order valence-electron chi connectivity index (χ1n) is 9.81. The van der Waals surface area contributed by atoms with Crippen LogP contribution in [0.4, 0.5) is 0 Å². The third-order valence-corrected chi connectivity index (χ3v) is 7.30. The summed E-state index contributed by atoms with van der Waals surface area (Å²) in [5.41, 5.74) is 3.04. The molecule has 1 aliphatic heterocycles. The molecule has 29 heavy (non-hydrogen) atoms. The van der Waals surface area contributed by atoms with Crippen LogP contribution in [0.5, 0.6) is 0 Å². The number of carbonyl (C=O) groups is 1. The number of thioether (sulfide) groups is 1. The third-order valence-electron chi connectivity index (χ3n) is 5.48. The molecule has 1 unspecified atom stereocenters. The van der Waals surface area contributed by atoms with Crippen molar-refractivity contribution >= 4 is 44.9 Å². The van der Waals surface area contributed by atoms with Crippen LogP contribution in [0.25, 0.3) is 27.0 Å². The zero-order valence-electron chi connectivity index (χ0n) is 16.1. The van der Waals surface area contributed by atoms with Gasteiger partial charge in [0.1, 0.15) is 11.2 Å². The Morgan fingerprint density at radius 2 is 2.10 bits per heavy atom. The molecule has 148 valence electrons. The van der Waals surface area contributed by atoms with Gasteiger partial charge in [0, 0.05) is 23.5 Å². The largest absolute Gasteiger partial charge is 0.339 e. The summed E-state index contributed by atoms with van der Waals surface area (Å²) in [4.78, 5) is 20.2. The zero-order chi connectivity index (χ0) is 19.8. The van der Waals surface area contributed by atoms with E-state index >= 15 is 0 Å². The highest BCUT2D eigenvalue weighted by molar-refractivity contribution is 7.99. The first-order chi connectivity index (χ1) is 14.2. The minimum Gasteiger partial charge on any atom is -0.339 e. The van der Waals surface area contributed by atoms with Crippen LogP contribution in [-0.4, -0.2) is 48.7 Å². The second-order valence-electron chi connectivity index (χ2n) is 7.34. The normalized spacial score (nSPS) is 17.3. The van der Waals surface area contributed by atoms with Gasteiger partial charge in [0.15, 0.2) is 10.8 Å². The van der Waals surface area contributed by atoms with E-state index in [9.17, 15) is 4.79 Å². The smallest absolute Gasteiger partial charge is 0.233 e. The highest BCUT2D eigenvalue weighted by Gasteiger charge is 2.24. The van der Waals surface area contributed by atoms with Crippen LogP contribution < -0.4 is 0 Å². The van der Waals surface area contributed by atoms with E-state index < -0.39 is 0 Å². The number of rotatable bonds is 4. The van der Waals surface area contributed by atoms with Gasteiger partial charge in [-0.05, 0) is 31.7 Å². The number of thiophene rings is 1. The molecule has 0 bridgehead atoms. The lowest BCUT2D eigenvalue weighted by Crippen LogP contribution is -2.42. The average Bonchev–Trinajstić information content (AvgIpc) is 3.37. The Morgan fingerprint density at radius 1 is 1.24 bits per heavy atom. The van der Waals surface area contributed by atoms with Crippen molar-refractivity contribution in [1.82, 2.24) is 24.5 Å². The zero-order valence-corrected chi connectivity index (χ0v) is 17.7. The molecule has 8 heteroatoms. The molecule has 0 saturated carbocycles. The Kier molecular flexibility index (Phi) is 4.97. The maximum Gasteiger partial charge on any atom is 0.233 e. The summed E-state index contributed by atoms with van der Waals surface area (Å²) in [7, 11) is 0. The third kappa shape index (κ3) is 3.40. The molecule has 0 aliphatic carbocycles. The van der Waals surface area contributed by atoms with Gasteiger partial charge in [0.05, 0.1) is 11.1 Å².